The van der Waals surface area contributed by atoms with E-state index < -0.39 is 5.54 Å². The molecule has 0 atom stereocenters. The van der Waals surface area contributed by atoms with E-state index in [4.69, 9.17) is 5.73 Å². The Kier molecular flexibility index (Phi) is 4.10. The van der Waals surface area contributed by atoms with E-state index in [9.17, 15) is 4.79 Å². The Balaban J connectivity index is 2.72. The predicted octanol–water partition coefficient (Wildman–Crippen LogP) is 2.14. The zero-order valence-corrected chi connectivity index (χ0v) is 11.4. The maximum Gasteiger partial charge on any atom is 0.242 e. The van der Waals surface area contributed by atoms with Gasteiger partial charge in [0.15, 0.2) is 0 Å². The molecule has 16 heavy (non-hydrogen) atoms. The lowest BCUT2D eigenvalue weighted by molar-refractivity contribution is -0.134. The fourth-order valence-corrected chi connectivity index (χ4v) is 1.92. The van der Waals surface area contributed by atoms with Crippen LogP contribution in [0.25, 0.3) is 0 Å². The molecular weight excluding hydrogens is 268 g/mol. The number of hydrogen-bond acceptors (Lipinski definition) is 2. The summed E-state index contributed by atoms with van der Waals surface area (Å²) >= 11 is 3.40. The number of rotatable bonds is 3. The molecule has 2 N–H and O–H groups in total. The second-order valence-corrected chi connectivity index (χ2v) is 5.43. The second kappa shape index (κ2) is 4.97. The van der Waals surface area contributed by atoms with Gasteiger partial charge in [-0.05, 0) is 31.5 Å². The van der Waals surface area contributed by atoms with Crippen LogP contribution in [0.3, 0.4) is 0 Å². The van der Waals surface area contributed by atoms with Crippen molar-refractivity contribution in [1.29, 1.82) is 0 Å². The molecule has 0 bridgehead atoms. The summed E-state index contributed by atoms with van der Waals surface area (Å²) in [5.41, 5.74) is 6.02. The summed E-state index contributed by atoms with van der Waals surface area (Å²) in [7, 11) is 1.76. The molecule has 4 heteroatoms. The van der Waals surface area contributed by atoms with Crippen LogP contribution in [-0.2, 0) is 11.3 Å². The maximum atomic E-state index is 11.8. The molecule has 0 saturated heterocycles. The van der Waals surface area contributed by atoms with E-state index in [0.29, 0.717) is 6.54 Å². The molecular formula is C12H17BrN2O. The fraction of sp³-hybridized carbons (Fsp3) is 0.417. The van der Waals surface area contributed by atoms with E-state index in [1.165, 1.54) is 0 Å². The fourth-order valence-electron chi connectivity index (χ4n) is 1.47. The van der Waals surface area contributed by atoms with Gasteiger partial charge in [-0.25, -0.2) is 0 Å². The molecule has 3 nitrogen and oxygen atoms in total. The molecule has 0 aliphatic rings. The van der Waals surface area contributed by atoms with Crippen molar-refractivity contribution in [3.8, 4) is 0 Å². The van der Waals surface area contributed by atoms with E-state index in [2.05, 4.69) is 15.9 Å². The van der Waals surface area contributed by atoms with Gasteiger partial charge in [-0.15, -0.1) is 0 Å². The molecule has 1 aromatic rings. The highest BCUT2D eigenvalue weighted by Gasteiger charge is 2.25. The number of nitrogens with zero attached hydrogens (tertiary/aromatic N) is 1. The van der Waals surface area contributed by atoms with Crippen molar-refractivity contribution in [3.63, 3.8) is 0 Å². The Morgan fingerprint density at radius 3 is 2.62 bits per heavy atom. The zero-order valence-electron chi connectivity index (χ0n) is 9.83. The minimum absolute atomic E-state index is 0.0625. The highest BCUT2D eigenvalue weighted by molar-refractivity contribution is 9.10. The first-order valence-corrected chi connectivity index (χ1v) is 5.89. The molecule has 0 heterocycles. The van der Waals surface area contributed by atoms with Gasteiger partial charge in [-0.1, -0.05) is 28.1 Å². The third-order valence-electron chi connectivity index (χ3n) is 2.21. The van der Waals surface area contributed by atoms with Gasteiger partial charge in [0.25, 0.3) is 0 Å². The third kappa shape index (κ3) is 3.61. The monoisotopic (exact) mass is 284 g/mol. The molecule has 88 valence electrons. The summed E-state index contributed by atoms with van der Waals surface area (Å²) in [6.45, 7) is 4.00. The Morgan fingerprint density at radius 1 is 1.50 bits per heavy atom. The van der Waals surface area contributed by atoms with E-state index in [1.807, 2.05) is 24.3 Å². The van der Waals surface area contributed by atoms with E-state index in [0.717, 1.165) is 10.0 Å². The van der Waals surface area contributed by atoms with Crippen molar-refractivity contribution in [3.05, 3.63) is 34.3 Å². The molecule has 0 aromatic heterocycles. The molecule has 0 radical (unpaired) electrons. The number of nitrogens with two attached hydrogens (primary N) is 1. The Labute approximate surface area is 105 Å². The van der Waals surface area contributed by atoms with Gasteiger partial charge < -0.3 is 10.6 Å². The normalized spacial score (nSPS) is 11.3. The standard InChI is InChI=1S/C12H17BrN2O/c1-12(2,14)11(16)15(3)8-9-5-4-6-10(13)7-9/h4-7H,8,14H2,1-3H3. The SMILES string of the molecule is CN(Cc1cccc(Br)c1)C(=O)C(C)(C)N. The highest BCUT2D eigenvalue weighted by atomic mass is 79.9. The van der Waals surface area contributed by atoms with Gasteiger partial charge in [0.1, 0.15) is 0 Å². The lowest BCUT2D eigenvalue weighted by Crippen LogP contribution is -2.49. The van der Waals surface area contributed by atoms with Crippen molar-refractivity contribution < 1.29 is 4.79 Å². The number of carbonyl (C=O) groups is 1. The highest BCUT2D eigenvalue weighted by Crippen LogP contribution is 2.14. The van der Waals surface area contributed by atoms with Crippen LogP contribution >= 0.6 is 15.9 Å². The van der Waals surface area contributed by atoms with Crippen LogP contribution in [0.15, 0.2) is 28.7 Å². The van der Waals surface area contributed by atoms with Gasteiger partial charge in [0.05, 0.1) is 5.54 Å². The smallest absolute Gasteiger partial charge is 0.242 e. The molecule has 0 aliphatic heterocycles. The van der Waals surface area contributed by atoms with Crippen molar-refractivity contribution in [2.24, 2.45) is 5.73 Å². The Hall–Kier alpha value is -0.870. The first-order chi connectivity index (χ1) is 7.30. The minimum atomic E-state index is -0.819. The number of halogens is 1. The quantitative estimate of drug-likeness (QED) is 0.925. The van der Waals surface area contributed by atoms with Crippen LogP contribution in [0.4, 0.5) is 0 Å². The maximum absolute atomic E-state index is 11.8. The number of hydrogen-bond donors (Lipinski definition) is 1. The number of carbonyl (C=O) groups excluding carboxylic acids is 1. The van der Waals surface area contributed by atoms with Gasteiger partial charge in [-0.3, -0.25) is 4.79 Å². The molecule has 0 unspecified atom stereocenters. The van der Waals surface area contributed by atoms with Crippen LogP contribution in [0.1, 0.15) is 19.4 Å². The van der Waals surface area contributed by atoms with Crippen LogP contribution in [0.2, 0.25) is 0 Å². The Bertz CT molecular complexity index is 385. The molecule has 1 rings (SSSR count). The molecule has 0 saturated carbocycles. The summed E-state index contributed by atoms with van der Waals surface area (Å²) in [6.07, 6.45) is 0. The summed E-state index contributed by atoms with van der Waals surface area (Å²) < 4.78 is 1.01. The second-order valence-electron chi connectivity index (χ2n) is 4.51. The lowest BCUT2D eigenvalue weighted by atomic mass is 10.1. The Morgan fingerprint density at radius 2 is 2.12 bits per heavy atom. The first kappa shape index (κ1) is 13.2. The van der Waals surface area contributed by atoms with E-state index in [1.54, 1.807) is 25.8 Å². The summed E-state index contributed by atoms with van der Waals surface area (Å²) in [6, 6.07) is 7.88. The van der Waals surface area contributed by atoms with E-state index >= 15 is 0 Å². The van der Waals surface area contributed by atoms with Crippen LogP contribution in [0, 0.1) is 0 Å². The summed E-state index contributed by atoms with van der Waals surface area (Å²) in [4.78, 5) is 13.5. The van der Waals surface area contributed by atoms with Crippen molar-refractivity contribution >= 4 is 21.8 Å². The number of benzene rings is 1. The van der Waals surface area contributed by atoms with Gasteiger partial charge >= 0.3 is 0 Å². The third-order valence-corrected chi connectivity index (χ3v) is 2.70. The lowest BCUT2D eigenvalue weighted by Gasteiger charge is -2.25. The number of amides is 1. The molecule has 0 aliphatic carbocycles. The molecule has 1 aromatic carbocycles. The van der Waals surface area contributed by atoms with Crippen LogP contribution in [0.5, 0.6) is 0 Å². The molecule has 0 fully saturated rings. The average Bonchev–Trinajstić information content (AvgIpc) is 2.15. The molecule has 0 spiro atoms. The average molecular weight is 285 g/mol. The van der Waals surface area contributed by atoms with Gasteiger partial charge in [0.2, 0.25) is 5.91 Å². The van der Waals surface area contributed by atoms with E-state index in [-0.39, 0.29) is 5.91 Å². The van der Waals surface area contributed by atoms with Crippen molar-refractivity contribution in [2.75, 3.05) is 7.05 Å². The van der Waals surface area contributed by atoms with Crippen molar-refractivity contribution in [1.82, 2.24) is 4.90 Å². The predicted molar refractivity (Wildman–Crippen MR) is 68.9 cm³/mol. The first-order valence-electron chi connectivity index (χ1n) is 5.09. The van der Waals surface area contributed by atoms with Gasteiger partial charge in [0, 0.05) is 18.1 Å². The van der Waals surface area contributed by atoms with Crippen LogP contribution in [-0.4, -0.2) is 23.4 Å². The van der Waals surface area contributed by atoms with Crippen LogP contribution < -0.4 is 5.73 Å². The minimum Gasteiger partial charge on any atom is -0.340 e. The largest absolute Gasteiger partial charge is 0.340 e. The van der Waals surface area contributed by atoms with Crippen molar-refractivity contribution in [2.45, 2.75) is 25.9 Å². The van der Waals surface area contributed by atoms with Gasteiger partial charge in [-0.2, -0.15) is 0 Å². The summed E-state index contributed by atoms with van der Waals surface area (Å²) in [5.74, 6) is -0.0625. The summed E-state index contributed by atoms with van der Waals surface area (Å²) in [5, 5.41) is 0. The zero-order chi connectivity index (χ0) is 12.3. The topological polar surface area (TPSA) is 46.3 Å². The number of likely N-dealkylation sites (N-methyl/N-ethyl adjacent to an activating group) is 1. The molecule has 1 amide bonds.